The second-order valence-corrected chi connectivity index (χ2v) is 4.24. The van der Waals surface area contributed by atoms with Crippen molar-refractivity contribution in [1.29, 1.82) is 0 Å². The van der Waals surface area contributed by atoms with Crippen LogP contribution in [0.15, 0.2) is 18.3 Å². The molecule has 1 aromatic rings. The maximum atomic E-state index is 12.3. The molecule has 5 nitrogen and oxygen atoms in total. The largest absolute Gasteiger partial charge is 0.433 e. The molecule has 0 saturated heterocycles. The van der Waals surface area contributed by atoms with Crippen LogP contribution >= 0.6 is 0 Å². The third-order valence-electron chi connectivity index (χ3n) is 2.34. The van der Waals surface area contributed by atoms with Crippen LogP contribution < -0.4 is 10.6 Å². The first kappa shape index (κ1) is 16.4. The van der Waals surface area contributed by atoms with Crippen molar-refractivity contribution in [2.45, 2.75) is 19.2 Å². The minimum absolute atomic E-state index is 0.0635. The average molecular weight is 291 g/mol. The van der Waals surface area contributed by atoms with E-state index in [9.17, 15) is 18.0 Å². The number of carbonyl (C=O) groups excluding carboxylic acids is 1. The van der Waals surface area contributed by atoms with Gasteiger partial charge >= 0.3 is 6.18 Å². The number of rotatable bonds is 6. The molecule has 20 heavy (non-hydrogen) atoms. The Hall–Kier alpha value is -1.67. The molecule has 0 spiro atoms. The van der Waals surface area contributed by atoms with E-state index in [-0.39, 0.29) is 5.56 Å². The van der Waals surface area contributed by atoms with E-state index in [1.807, 2.05) is 0 Å². The van der Waals surface area contributed by atoms with Gasteiger partial charge in [0.2, 0.25) is 0 Å². The van der Waals surface area contributed by atoms with Gasteiger partial charge in [-0.2, -0.15) is 13.2 Å². The van der Waals surface area contributed by atoms with Gasteiger partial charge < -0.3 is 15.7 Å². The van der Waals surface area contributed by atoms with Crippen molar-refractivity contribution >= 4 is 5.91 Å². The summed E-state index contributed by atoms with van der Waals surface area (Å²) < 4.78 is 36.8. The maximum Gasteiger partial charge on any atom is 0.433 e. The summed E-state index contributed by atoms with van der Waals surface area (Å²) in [7, 11) is 0. The van der Waals surface area contributed by atoms with Crippen LogP contribution in [0.2, 0.25) is 0 Å². The van der Waals surface area contributed by atoms with E-state index in [4.69, 9.17) is 5.11 Å². The van der Waals surface area contributed by atoms with Crippen molar-refractivity contribution in [3.63, 3.8) is 0 Å². The second-order valence-electron chi connectivity index (χ2n) is 4.24. The monoisotopic (exact) mass is 291 g/mol. The molecular weight excluding hydrogens is 275 g/mol. The Balaban J connectivity index is 2.40. The molecule has 1 rings (SSSR count). The van der Waals surface area contributed by atoms with E-state index in [2.05, 4.69) is 15.6 Å². The molecule has 0 aliphatic heterocycles. The Bertz CT molecular complexity index is 433. The number of aliphatic hydroxyl groups is 1. The Morgan fingerprint density at radius 1 is 1.40 bits per heavy atom. The highest BCUT2D eigenvalue weighted by atomic mass is 19.4. The molecule has 1 unspecified atom stereocenters. The number of amides is 1. The van der Waals surface area contributed by atoms with Gasteiger partial charge in [0.05, 0.1) is 11.7 Å². The fraction of sp³-hybridized carbons (Fsp3) is 0.500. The minimum atomic E-state index is -4.51. The number of halogens is 3. The van der Waals surface area contributed by atoms with Crippen molar-refractivity contribution in [1.82, 2.24) is 15.6 Å². The standard InChI is InChI=1S/C12H16F3N3O2/c1-8(19)6-16-4-5-17-11(20)9-2-3-10(18-7-9)12(13,14)15/h2-3,7-8,16,19H,4-6H2,1H3,(H,17,20). The van der Waals surface area contributed by atoms with Gasteiger partial charge in [0.25, 0.3) is 5.91 Å². The van der Waals surface area contributed by atoms with Crippen LogP contribution in [0, 0.1) is 0 Å². The zero-order chi connectivity index (χ0) is 15.2. The molecular formula is C12H16F3N3O2. The van der Waals surface area contributed by atoms with Gasteiger partial charge in [-0.1, -0.05) is 0 Å². The van der Waals surface area contributed by atoms with Gasteiger partial charge in [0, 0.05) is 25.8 Å². The van der Waals surface area contributed by atoms with Crippen LogP contribution in [0.4, 0.5) is 13.2 Å². The number of hydrogen-bond donors (Lipinski definition) is 3. The van der Waals surface area contributed by atoms with E-state index in [1.165, 1.54) is 0 Å². The predicted octanol–water partition coefficient (Wildman–Crippen LogP) is 0.801. The number of nitrogens with zero attached hydrogens (tertiary/aromatic N) is 1. The zero-order valence-electron chi connectivity index (χ0n) is 10.9. The third kappa shape index (κ3) is 5.54. The van der Waals surface area contributed by atoms with Gasteiger partial charge in [0.15, 0.2) is 0 Å². The Morgan fingerprint density at radius 3 is 2.60 bits per heavy atom. The molecule has 8 heteroatoms. The molecule has 0 aliphatic carbocycles. The Morgan fingerprint density at radius 2 is 2.10 bits per heavy atom. The summed E-state index contributed by atoms with van der Waals surface area (Å²) >= 11 is 0. The molecule has 0 radical (unpaired) electrons. The van der Waals surface area contributed by atoms with Crippen LogP contribution in [0.3, 0.4) is 0 Å². The number of aromatic nitrogens is 1. The fourth-order valence-electron chi connectivity index (χ4n) is 1.37. The molecule has 112 valence electrons. The van der Waals surface area contributed by atoms with E-state index in [1.54, 1.807) is 6.92 Å². The summed E-state index contributed by atoms with van der Waals surface area (Å²) in [5, 5.41) is 14.4. The molecule has 0 bridgehead atoms. The molecule has 0 fully saturated rings. The first-order chi connectivity index (χ1) is 9.30. The molecule has 1 amide bonds. The Labute approximate surface area is 114 Å². The van der Waals surface area contributed by atoms with E-state index >= 15 is 0 Å². The van der Waals surface area contributed by atoms with Crippen molar-refractivity contribution in [2.75, 3.05) is 19.6 Å². The van der Waals surface area contributed by atoms with Gasteiger partial charge in [-0.3, -0.25) is 9.78 Å². The van der Waals surface area contributed by atoms with E-state index < -0.39 is 23.9 Å². The second kappa shape index (κ2) is 7.20. The highest BCUT2D eigenvalue weighted by molar-refractivity contribution is 5.93. The van der Waals surface area contributed by atoms with Gasteiger partial charge in [0.1, 0.15) is 5.69 Å². The normalized spacial score (nSPS) is 13.1. The van der Waals surface area contributed by atoms with E-state index in [0.29, 0.717) is 19.6 Å². The lowest BCUT2D eigenvalue weighted by molar-refractivity contribution is -0.141. The van der Waals surface area contributed by atoms with Crippen LogP contribution in [0.5, 0.6) is 0 Å². The lowest BCUT2D eigenvalue weighted by Gasteiger charge is -2.09. The predicted molar refractivity (Wildman–Crippen MR) is 66.1 cm³/mol. The maximum absolute atomic E-state index is 12.3. The minimum Gasteiger partial charge on any atom is -0.392 e. The first-order valence-corrected chi connectivity index (χ1v) is 6.01. The average Bonchev–Trinajstić information content (AvgIpc) is 2.37. The van der Waals surface area contributed by atoms with Crippen molar-refractivity contribution in [3.05, 3.63) is 29.6 Å². The topological polar surface area (TPSA) is 74.2 Å². The van der Waals surface area contributed by atoms with Crippen molar-refractivity contribution < 1.29 is 23.1 Å². The van der Waals surface area contributed by atoms with Crippen LogP contribution in [0.1, 0.15) is 23.0 Å². The number of pyridine rings is 1. The fourth-order valence-corrected chi connectivity index (χ4v) is 1.37. The molecule has 0 aromatic carbocycles. The number of hydrogen-bond acceptors (Lipinski definition) is 4. The van der Waals surface area contributed by atoms with Crippen molar-refractivity contribution in [3.8, 4) is 0 Å². The number of carbonyl (C=O) groups is 1. The number of nitrogens with one attached hydrogen (secondary N) is 2. The SMILES string of the molecule is CC(O)CNCCNC(=O)c1ccc(C(F)(F)F)nc1. The zero-order valence-corrected chi connectivity index (χ0v) is 10.9. The molecule has 3 N–H and O–H groups in total. The van der Waals surface area contributed by atoms with Gasteiger partial charge in [-0.25, -0.2) is 0 Å². The highest BCUT2D eigenvalue weighted by Crippen LogP contribution is 2.27. The molecule has 1 aromatic heterocycles. The van der Waals surface area contributed by atoms with Gasteiger partial charge in [-0.05, 0) is 19.1 Å². The van der Waals surface area contributed by atoms with Crippen LogP contribution in [-0.2, 0) is 6.18 Å². The van der Waals surface area contributed by atoms with E-state index in [0.717, 1.165) is 18.3 Å². The molecule has 0 aliphatic rings. The van der Waals surface area contributed by atoms with Crippen molar-refractivity contribution in [2.24, 2.45) is 0 Å². The molecule has 1 atom stereocenters. The Kier molecular flexibility index (Phi) is 5.90. The highest BCUT2D eigenvalue weighted by Gasteiger charge is 2.32. The summed E-state index contributed by atoms with van der Waals surface area (Å²) in [5.41, 5.74) is -0.971. The summed E-state index contributed by atoms with van der Waals surface area (Å²) in [6.07, 6.45) is -4.11. The number of alkyl halides is 3. The lowest BCUT2D eigenvalue weighted by Crippen LogP contribution is -2.34. The first-order valence-electron chi connectivity index (χ1n) is 6.01. The quantitative estimate of drug-likeness (QED) is 0.678. The summed E-state index contributed by atoms with van der Waals surface area (Å²) in [5.74, 6) is -0.495. The van der Waals surface area contributed by atoms with Gasteiger partial charge in [-0.15, -0.1) is 0 Å². The summed E-state index contributed by atoms with van der Waals surface area (Å²) in [6, 6.07) is 1.84. The molecule has 0 saturated carbocycles. The smallest absolute Gasteiger partial charge is 0.392 e. The summed E-state index contributed by atoms with van der Waals surface area (Å²) in [6.45, 7) is 2.77. The number of aliphatic hydroxyl groups excluding tert-OH is 1. The molecule has 1 heterocycles. The summed E-state index contributed by atoms with van der Waals surface area (Å²) in [4.78, 5) is 14.8. The third-order valence-corrected chi connectivity index (χ3v) is 2.34. The van der Waals surface area contributed by atoms with Crippen LogP contribution in [-0.4, -0.2) is 41.7 Å². The lowest BCUT2D eigenvalue weighted by atomic mass is 10.2. The van der Waals surface area contributed by atoms with Crippen LogP contribution in [0.25, 0.3) is 0 Å².